The molecule has 2 aromatic rings. The van der Waals surface area contributed by atoms with Gasteiger partial charge in [-0.1, -0.05) is 48.0 Å². The minimum absolute atomic E-state index is 0.00501. The molecule has 4 heterocycles. The monoisotopic (exact) mass is 439 g/mol. The average molecular weight is 440 g/mol. The molecular formula is C25H29NO4S. The first-order valence-electron chi connectivity index (χ1n) is 11.4. The van der Waals surface area contributed by atoms with Gasteiger partial charge in [-0.3, -0.25) is 0 Å². The molecule has 0 unspecified atom stereocenters. The van der Waals surface area contributed by atoms with Gasteiger partial charge in [-0.05, 0) is 56.7 Å². The van der Waals surface area contributed by atoms with Crippen molar-refractivity contribution in [2.75, 3.05) is 6.61 Å². The number of fused-ring (bicyclic) bond motifs is 1. The third-order valence-electron chi connectivity index (χ3n) is 8.02. The topological polar surface area (TPSA) is 55.8 Å². The standard InChI is InChI=1S/C25H29NO4S/c1-17-10-12-19(13-11-17)31(27,28)22-9-5-8-21-25(22)15-14-23(30-21)26-20(16-29-24(25)26)18-6-3-2-4-7-18/h2-4,6-7,10-13,20-24H,5,8-9,14-16H2,1H3/t20-,21-,22+,23+,24-,25+/m0/s1. The summed E-state index contributed by atoms with van der Waals surface area (Å²) < 4.78 is 41.0. The lowest BCUT2D eigenvalue weighted by Gasteiger charge is -2.63. The second kappa shape index (κ2) is 7.14. The molecule has 31 heavy (non-hydrogen) atoms. The fourth-order valence-electron chi connectivity index (χ4n) is 6.62. The Labute approximate surface area is 184 Å². The van der Waals surface area contributed by atoms with Crippen molar-refractivity contribution in [3.8, 4) is 0 Å². The van der Waals surface area contributed by atoms with Gasteiger partial charge >= 0.3 is 0 Å². The summed E-state index contributed by atoms with van der Waals surface area (Å²) in [5, 5.41) is -0.482. The van der Waals surface area contributed by atoms with E-state index in [4.69, 9.17) is 9.47 Å². The molecule has 4 aliphatic heterocycles. The predicted molar refractivity (Wildman–Crippen MR) is 117 cm³/mol. The highest BCUT2D eigenvalue weighted by molar-refractivity contribution is 7.92. The largest absolute Gasteiger partial charge is 0.360 e. The predicted octanol–water partition coefficient (Wildman–Crippen LogP) is 4.23. The smallest absolute Gasteiger partial charge is 0.182 e. The number of piperidine rings is 1. The van der Waals surface area contributed by atoms with E-state index in [1.54, 1.807) is 12.1 Å². The zero-order valence-electron chi connectivity index (χ0n) is 17.8. The summed E-state index contributed by atoms with van der Waals surface area (Å²) in [7, 11) is -3.50. The van der Waals surface area contributed by atoms with E-state index in [2.05, 4.69) is 29.2 Å². The van der Waals surface area contributed by atoms with E-state index in [0.29, 0.717) is 17.9 Å². The normalized spacial score (nSPS) is 37.4. The fourth-order valence-corrected chi connectivity index (χ4v) is 8.91. The molecule has 2 aromatic carbocycles. The summed E-state index contributed by atoms with van der Waals surface area (Å²) in [6, 6.07) is 17.8. The summed E-state index contributed by atoms with van der Waals surface area (Å²) in [6.07, 6.45) is 3.92. The van der Waals surface area contributed by atoms with Crippen LogP contribution in [0.5, 0.6) is 0 Å². The van der Waals surface area contributed by atoms with Crippen LogP contribution in [0.2, 0.25) is 0 Å². The lowest BCUT2D eigenvalue weighted by molar-refractivity contribution is -0.312. The number of nitrogens with zero attached hydrogens (tertiary/aromatic N) is 1. The second-order valence-corrected chi connectivity index (χ2v) is 11.7. The Kier molecular flexibility index (Phi) is 4.59. The van der Waals surface area contributed by atoms with Crippen molar-refractivity contribution in [1.29, 1.82) is 0 Å². The molecule has 0 N–H and O–H groups in total. The molecule has 0 aromatic heterocycles. The molecule has 5 aliphatic rings. The van der Waals surface area contributed by atoms with Gasteiger partial charge in [0.15, 0.2) is 9.84 Å². The van der Waals surface area contributed by atoms with E-state index in [-0.39, 0.29) is 24.6 Å². The molecular weight excluding hydrogens is 410 g/mol. The van der Waals surface area contributed by atoms with Crippen LogP contribution in [0.3, 0.4) is 0 Å². The zero-order valence-corrected chi connectivity index (χ0v) is 18.6. The zero-order chi connectivity index (χ0) is 21.2. The van der Waals surface area contributed by atoms with Crippen LogP contribution in [-0.4, -0.2) is 43.7 Å². The number of hydrogen-bond donors (Lipinski definition) is 0. The van der Waals surface area contributed by atoms with Crippen molar-refractivity contribution < 1.29 is 17.9 Å². The summed E-state index contributed by atoms with van der Waals surface area (Å²) in [5.41, 5.74) is 1.76. The van der Waals surface area contributed by atoms with Gasteiger partial charge in [-0.25, -0.2) is 13.3 Å². The van der Waals surface area contributed by atoms with Gasteiger partial charge in [-0.15, -0.1) is 0 Å². The SMILES string of the molecule is Cc1ccc(S(=O)(=O)[C@@H]2CCC[C@@H]3O[C@@H]4CC[C@@]32[C@@H]2OC[C@@H](c3ccccc3)N24)cc1. The first-order chi connectivity index (χ1) is 15.0. The summed E-state index contributed by atoms with van der Waals surface area (Å²) in [6.45, 7) is 2.57. The van der Waals surface area contributed by atoms with Gasteiger partial charge in [0.05, 0.1) is 34.3 Å². The molecule has 0 amide bonds. The number of rotatable bonds is 3. The Morgan fingerprint density at radius 3 is 2.55 bits per heavy atom. The van der Waals surface area contributed by atoms with Crippen molar-refractivity contribution in [3.05, 3.63) is 65.7 Å². The van der Waals surface area contributed by atoms with E-state index in [9.17, 15) is 8.42 Å². The minimum Gasteiger partial charge on any atom is -0.360 e. The molecule has 1 spiro atoms. The lowest BCUT2D eigenvalue weighted by atomic mass is 9.63. The van der Waals surface area contributed by atoms with E-state index >= 15 is 0 Å². The van der Waals surface area contributed by atoms with Crippen LogP contribution in [0.4, 0.5) is 0 Å². The van der Waals surface area contributed by atoms with Crippen molar-refractivity contribution in [3.63, 3.8) is 0 Å². The van der Waals surface area contributed by atoms with Crippen molar-refractivity contribution in [2.45, 2.75) is 73.8 Å². The summed E-state index contributed by atoms with van der Waals surface area (Å²) >= 11 is 0. The quantitative estimate of drug-likeness (QED) is 0.717. The molecule has 5 fully saturated rings. The number of benzene rings is 2. The Balaban J connectivity index is 1.43. The molecule has 164 valence electrons. The van der Waals surface area contributed by atoms with Gasteiger partial charge in [0.25, 0.3) is 0 Å². The van der Waals surface area contributed by atoms with Crippen LogP contribution >= 0.6 is 0 Å². The van der Waals surface area contributed by atoms with Gasteiger partial charge in [0, 0.05) is 0 Å². The Morgan fingerprint density at radius 2 is 1.77 bits per heavy atom. The van der Waals surface area contributed by atoms with E-state index < -0.39 is 20.5 Å². The maximum Gasteiger partial charge on any atom is 0.182 e. The van der Waals surface area contributed by atoms with Gasteiger partial charge < -0.3 is 9.47 Å². The fraction of sp³-hybridized carbons (Fsp3) is 0.520. The summed E-state index contributed by atoms with van der Waals surface area (Å²) in [5.74, 6) is 0. The van der Waals surface area contributed by atoms with Crippen LogP contribution in [0, 0.1) is 12.3 Å². The Bertz CT molecular complexity index is 1070. The van der Waals surface area contributed by atoms with Crippen LogP contribution in [-0.2, 0) is 19.3 Å². The summed E-state index contributed by atoms with van der Waals surface area (Å²) in [4.78, 5) is 2.77. The molecule has 5 nitrogen and oxygen atoms in total. The highest BCUT2D eigenvalue weighted by Gasteiger charge is 2.68. The number of ether oxygens (including phenoxy) is 2. The molecule has 0 radical (unpaired) electrons. The van der Waals surface area contributed by atoms with E-state index in [1.165, 1.54) is 5.56 Å². The molecule has 1 aliphatic carbocycles. The molecule has 6 heteroatoms. The van der Waals surface area contributed by atoms with Crippen molar-refractivity contribution >= 4 is 9.84 Å². The number of sulfone groups is 1. The molecule has 4 saturated heterocycles. The molecule has 2 bridgehead atoms. The van der Waals surface area contributed by atoms with Crippen LogP contribution in [0.1, 0.15) is 49.3 Å². The highest BCUT2D eigenvalue weighted by Crippen LogP contribution is 2.61. The Morgan fingerprint density at radius 1 is 1.00 bits per heavy atom. The lowest BCUT2D eigenvalue weighted by Crippen LogP contribution is -2.72. The average Bonchev–Trinajstić information content (AvgIpc) is 3.27. The molecule has 7 rings (SSSR count). The van der Waals surface area contributed by atoms with Crippen molar-refractivity contribution in [2.24, 2.45) is 5.41 Å². The van der Waals surface area contributed by atoms with Crippen LogP contribution in [0.25, 0.3) is 0 Å². The maximum absolute atomic E-state index is 13.9. The van der Waals surface area contributed by atoms with Crippen LogP contribution < -0.4 is 0 Å². The van der Waals surface area contributed by atoms with Gasteiger partial charge in [0.1, 0.15) is 12.5 Å². The highest BCUT2D eigenvalue weighted by atomic mass is 32.2. The Hall–Kier alpha value is -1.73. The molecule has 6 atom stereocenters. The number of hydrogen-bond acceptors (Lipinski definition) is 5. The van der Waals surface area contributed by atoms with E-state index in [0.717, 1.165) is 31.2 Å². The minimum atomic E-state index is -3.50. The second-order valence-electron chi connectivity index (χ2n) is 9.57. The third-order valence-corrected chi connectivity index (χ3v) is 10.4. The maximum atomic E-state index is 13.9. The third kappa shape index (κ3) is 2.81. The van der Waals surface area contributed by atoms with Gasteiger partial charge in [0.2, 0.25) is 0 Å². The van der Waals surface area contributed by atoms with Crippen molar-refractivity contribution in [1.82, 2.24) is 4.90 Å². The number of aryl methyl sites for hydroxylation is 1. The van der Waals surface area contributed by atoms with E-state index in [1.807, 2.05) is 25.1 Å². The first-order valence-corrected chi connectivity index (χ1v) is 13.0. The first kappa shape index (κ1) is 19.9. The van der Waals surface area contributed by atoms with Gasteiger partial charge in [-0.2, -0.15) is 0 Å². The molecule has 1 saturated carbocycles. The van der Waals surface area contributed by atoms with Crippen LogP contribution in [0.15, 0.2) is 59.5 Å².